The fourth-order valence-corrected chi connectivity index (χ4v) is 0.878. The molecule has 0 saturated heterocycles. The SMILES string of the molecule is CCOC(=O)C(C)CC/C(C)=N/O. The van der Waals surface area contributed by atoms with Gasteiger partial charge in [-0.1, -0.05) is 12.1 Å². The van der Waals surface area contributed by atoms with Gasteiger partial charge in [0, 0.05) is 0 Å². The molecule has 0 fully saturated rings. The molecule has 0 aliphatic heterocycles. The van der Waals surface area contributed by atoms with Crippen LogP contribution in [0.4, 0.5) is 0 Å². The molecule has 0 bridgehead atoms. The van der Waals surface area contributed by atoms with Crippen molar-refractivity contribution in [2.24, 2.45) is 11.1 Å². The molecule has 0 aromatic heterocycles. The highest BCUT2D eigenvalue weighted by Crippen LogP contribution is 2.08. The van der Waals surface area contributed by atoms with Gasteiger partial charge in [-0.15, -0.1) is 0 Å². The van der Waals surface area contributed by atoms with Crippen molar-refractivity contribution in [1.82, 2.24) is 0 Å². The molecule has 0 radical (unpaired) electrons. The first-order chi connectivity index (χ1) is 6.11. The van der Waals surface area contributed by atoms with Gasteiger partial charge in [-0.3, -0.25) is 4.79 Å². The molecule has 0 spiro atoms. The van der Waals surface area contributed by atoms with Crippen LogP contribution in [0.15, 0.2) is 5.16 Å². The molecular formula is C9H17NO3. The van der Waals surface area contributed by atoms with Crippen molar-refractivity contribution >= 4 is 11.7 Å². The molecule has 13 heavy (non-hydrogen) atoms. The predicted molar refractivity (Wildman–Crippen MR) is 49.9 cm³/mol. The number of ether oxygens (including phenoxy) is 1. The maximum absolute atomic E-state index is 11.1. The third kappa shape index (κ3) is 5.22. The van der Waals surface area contributed by atoms with Crippen LogP contribution in [-0.4, -0.2) is 23.5 Å². The van der Waals surface area contributed by atoms with E-state index in [0.717, 1.165) is 0 Å². The predicted octanol–water partition coefficient (Wildman–Crippen LogP) is 1.82. The Kier molecular flexibility index (Phi) is 5.93. The van der Waals surface area contributed by atoms with Crippen molar-refractivity contribution in [2.75, 3.05) is 6.61 Å². The first-order valence-electron chi connectivity index (χ1n) is 4.46. The van der Waals surface area contributed by atoms with Crippen molar-refractivity contribution < 1.29 is 14.7 Å². The van der Waals surface area contributed by atoms with Crippen LogP contribution in [0.5, 0.6) is 0 Å². The Bertz CT molecular complexity index is 189. The highest BCUT2D eigenvalue weighted by molar-refractivity contribution is 5.82. The summed E-state index contributed by atoms with van der Waals surface area (Å²) in [6.45, 7) is 5.72. The molecule has 76 valence electrons. The molecule has 1 N–H and O–H groups in total. The van der Waals surface area contributed by atoms with Crippen LogP contribution < -0.4 is 0 Å². The molecule has 0 aromatic carbocycles. The molecule has 0 amide bonds. The number of rotatable bonds is 5. The Morgan fingerprint density at radius 2 is 2.23 bits per heavy atom. The third-order valence-corrected chi connectivity index (χ3v) is 1.80. The number of carbonyl (C=O) groups is 1. The fourth-order valence-electron chi connectivity index (χ4n) is 0.878. The van der Waals surface area contributed by atoms with Gasteiger partial charge in [0.15, 0.2) is 0 Å². The van der Waals surface area contributed by atoms with E-state index < -0.39 is 0 Å². The maximum atomic E-state index is 11.1. The summed E-state index contributed by atoms with van der Waals surface area (Å²) in [6.07, 6.45) is 1.28. The minimum absolute atomic E-state index is 0.128. The van der Waals surface area contributed by atoms with Crippen LogP contribution >= 0.6 is 0 Å². The first kappa shape index (κ1) is 11.9. The second kappa shape index (κ2) is 6.46. The van der Waals surface area contributed by atoms with Gasteiger partial charge in [0.2, 0.25) is 0 Å². The zero-order valence-electron chi connectivity index (χ0n) is 8.41. The topological polar surface area (TPSA) is 58.9 Å². The lowest BCUT2D eigenvalue weighted by atomic mass is 10.0. The molecule has 4 nitrogen and oxygen atoms in total. The minimum Gasteiger partial charge on any atom is -0.466 e. The third-order valence-electron chi connectivity index (χ3n) is 1.80. The highest BCUT2D eigenvalue weighted by Gasteiger charge is 2.13. The molecule has 0 aliphatic carbocycles. The second-order valence-electron chi connectivity index (χ2n) is 3.03. The van der Waals surface area contributed by atoms with E-state index in [2.05, 4.69) is 5.16 Å². The fraction of sp³-hybridized carbons (Fsp3) is 0.778. The number of hydrogen-bond donors (Lipinski definition) is 1. The van der Waals surface area contributed by atoms with Crippen LogP contribution in [-0.2, 0) is 9.53 Å². The van der Waals surface area contributed by atoms with Gasteiger partial charge < -0.3 is 9.94 Å². The lowest BCUT2D eigenvalue weighted by molar-refractivity contribution is -0.147. The quantitative estimate of drug-likeness (QED) is 0.309. The molecule has 0 saturated carbocycles. The van der Waals surface area contributed by atoms with Gasteiger partial charge in [-0.25, -0.2) is 0 Å². The Labute approximate surface area is 78.6 Å². The van der Waals surface area contributed by atoms with Crippen LogP contribution in [0.25, 0.3) is 0 Å². The van der Waals surface area contributed by atoms with E-state index in [9.17, 15) is 4.79 Å². The summed E-state index contributed by atoms with van der Waals surface area (Å²) in [5.74, 6) is -0.315. The lowest BCUT2D eigenvalue weighted by Crippen LogP contribution is -2.15. The number of hydrogen-bond acceptors (Lipinski definition) is 4. The summed E-state index contributed by atoms with van der Waals surface area (Å²) in [7, 11) is 0. The van der Waals surface area contributed by atoms with Crippen molar-refractivity contribution in [3.63, 3.8) is 0 Å². The van der Waals surface area contributed by atoms with Crippen molar-refractivity contribution in [3.05, 3.63) is 0 Å². The van der Waals surface area contributed by atoms with Gasteiger partial charge in [0.25, 0.3) is 0 Å². The van der Waals surface area contributed by atoms with E-state index in [1.54, 1.807) is 13.8 Å². The molecule has 0 rings (SSSR count). The highest BCUT2D eigenvalue weighted by atomic mass is 16.5. The monoisotopic (exact) mass is 187 g/mol. The lowest BCUT2D eigenvalue weighted by Gasteiger charge is -2.09. The van der Waals surface area contributed by atoms with Crippen molar-refractivity contribution in [3.8, 4) is 0 Å². The van der Waals surface area contributed by atoms with Gasteiger partial charge >= 0.3 is 5.97 Å². The van der Waals surface area contributed by atoms with Gasteiger partial charge in [-0.05, 0) is 26.7 Å². The largest absolute Gasteiger partial charge is 0.466 e. The van der Waals surface area contributed by atoms with Crippen LogP contribution in [0.2, 0.25) is 0 Å². The summed E-state index contributed by atoms with van der Waals surface area (Å²) in [6, 6.07) is 0. The van der Waals surface area contributed by atoms with Gasteiger partial charge in [-0.2, -0.15) is 0 Å². The van der Waals surface area contributed by atoms with Gasteiger partial charge in [0.1, 0.15) is 0 Å². The Hall–Kier alpha value is -1.06. The summed E-state index contributed by atoms with van der Waals surface area (Å²) in [5, 5.41) is 11.4. The smallest absolute Gasteiger partial charge is 0.308 e. The molecule has 4 heteroatoms. The second-order valence-corrected chi connectivity index (χ2v) is 3.03. The maximum Gasteiger partial charge on any atom is 0.308 e. The summed E-state index contributed by atoms with van der Waals surface area (Å²) in [4.78, 5) is 11.1. The van der Waals surface area contributed by atoms with Crippen LogP contribution in [0.1, 0.15) is 33.6 Å². The zero-order valence-corrected chi connectivity index (χ0v) is 8.41. The number of nitrogens with zero attached hydrogens (tertiary/aromatic N) is 1. The summed E-state index contributed by atoms with van der Waals surface area (Å²) >= 11 is 0. The van der Waals surface area contributed by atoms with Gasteiger partial charge in [0.05, 0.1) is 18.2 Å². The first-order valence-corrected chi connectivity index (χ1v) is 4.46. The normalized spacial score (nSPS) is 13.9. The van der Waals surface area contributed by atoms with E-state index in [4.69, 9.17) is 9.94 Å². The summed E-state index contributed by atoms with van der Waals surface area (Å²) in [5.41, 5.74) is 0.635. The van der Waals surface area contributed by atoms with E-state index in [-0.39, 0.29) is 11.9 Å². The van der Waals surface area contributed by atoms with Crippen LogP contribution in [0.3, 0.4) is 0 Å². The Morgan fingerprint density at radius 1 is 1.62 bits per heavy atom. The standard InChI is InChI=1S/C9H17NO3/c1-4-13-9(11)7(2)5-6-8(3)10-12/h7,12H,4-6H2,1-3H3/b10-8+. The van der Waals surface area contributed by atoms with E-state index in [0.29, 0.717) is 25.2 Å². The van der Waals surface area contributed by atoms with E-state index in [1.165, 1.54) is 0 Å². The molecule has 0 aliphatic rings. The molecule has 0 aromatic rings. The molecule has 1 atom stereocenters. The molecule has 1 unspecified atom stereocenters. The summed E-state index contributed by atoms with van der Waals surface area (Å²) < 4.78 is 4.83. The number of carbonyl (C=O) groups excluding carboxylic acids is 1. The average Bonchev–Trinajstić information content (AvgIpc) is 2.13. The van der Waals surface area contributed by atoms with E-state index in [1.807, 2.05) is 6.92 Å². The molecule has 0 heterocycles. The Morgan fingerprint density at radius 3 is 2.69 bits per heavy atom. The van der Waals surface area contributed by atoms with E-state index >= 15 is 0 Å². The van der Waals surface area contributed by atoms with Crippen LogP contribution in [0, 0.1) is 5.92 Å². The van der Waals surface area contributed by atoms with Crippen molar-refractivity contribution in [1.29, 1.82) is 0 Å². The zero-order chi connectivity index (χ0) is 10.3. The Balaban J connectivity index is 3.73. The number of oxime groups is 1. The van der Waals surface area contributed by atoms with Crippen molar-refractivity contribution in [2.45, 2.75) is 33.6 Å². The molecular weight excluding hydrogens is 170 g/mol. The average molecular weight is 187 g/mol. The number of esters is 1. The minimum atomic E-state index is -0.187.